The van der Waals surface area contributed by atoms with Crippen LogP contribution in [0.15, 0.2) is 0 Å². The Morgan fingerprint density at radius 1 is 1.29 bits per heavy atom. The fourth-order valence-electron chi connectivity index (χ4n) is 2.02. The fraction of sp³-hybridized carbons (Fsp3) is 0.818. The summed E-state index contributed by atoms with van der Waals surface area (Å²) < 4.78 is 0. The summed E-state index contributed by atoms with van der Waals surface area (Å²) in [6.45, 7) is 8.52. The third-order valence-electron chi connectivity index (χ3n) is 2.88. The minimum atomic E-state index is -0.651. The largest absolute Gasteiger partial charge is 0.395 e. The molecule has 1 aliphatic heterocycles. The van der Waals surface area contributed by atoms with Crippen molar-refractivity contribution in [2.75, 3.05) is 13.2 Å². The van der Waals surface area contributed by atoms with E-state index in [4.69, 9.17) is 5.11 Å². The number of rotatable bonds is 2. The molecule has 0 radical (unpaired) electrons. The molecule has 0 aromatic carbocycles. The summed E-state index contributed by atoms with van der Waals surface area (Å²) in [5, 5.41) is 18.8. The molecule has 0 amide bonds. The Hall–Kier alpha value is -0.560. The van der Waals surface area contributed by atoms with E-state index in [1.165, 1.54) is 0 Å². The molecule has 1 unspecified atom stereocenters. The Morgan fingerprint density at radius 3 is 2.36 bits per heavy atom. The van der Waals surface area contributed by atoms with Gasteiger partial charge in [0.2, 0.25) is 0 Å². The minimum absolute atomic E-state index is 0.0846. The van der Waals surface area contributed by atoms with E-state index in [0.29, 0.717) is 6.54 Å². The van der Waals surface area contributed by atoms with Crippen LogP contribution in [0.2, 0.25) is 0 Å². The standard InChI is InChI=1S/C11H19NO2/c1-10(2)6-5-9(14)11(3,4)12(10)7-8-13/h9,13-14H,7-8H2,1-4H3. The van der Waals surface area contributed by atoms with Gasteiger partial charge in [-0.25, -0.2) is 0 Å². The van der Waals surface area contributed by atoms with Crippen LogP contribution in [-0.4, -0.2) is 45.4 Å². The van der Waals surface area contributed by atoms with Gasteiger partial charge in [-0.2, -0.15) is 0 Å². The zero-order chi connectivity index (χ0) is 11.0. The molecule has 0 saturated heterocycles. The number of aliphatic hydroxyl groups excluding tert-OH is 2. The van der Waals surface area contributed by atoms with E-state index in [1.807, 2.05) is 32.6 Å². The number of nitrogens with zero attached hydrogens (tertiary/aromatic N) is 1. The van der Waals surface area contributed by atoms with E-state index in [-0.39, 0.29) is 12.1 Å². The van der Waals surface area contributed by atoms with Gasteiger partial charge in [0.1, 0.15) is 6.10 Å². The first kappa shape index (κ1) is 11.5. The first-order valence-electron chi connectivity index (χ1n) is 4.92. The van der Waals surface area contributed by atoms with Gasteiger partial charge >= 0.3 is 0 Å². The number of hydrogen-bond acceptors (Lipinski definition) is 3. The molecule has 14 heavy (non-hydrogen) atoms. The van der Waals surface area contributed by atoms with Gasteiger partial charge in [-0.1, -0.05) is 11.8 Å². The maximum Gasteiger partial charge on any atom is 0.132 e. The normalized spacial score (nSPS) is 29.4. The highest BCUT2D eigenvalue weighted by atomic mass is 16.3. The van der Waals surface area contributed by atoms with Crippen LogP contribution in [0.3, 0.4) is 0 Å². The molecule has 3 heteroatoms. The van der Waals surface area contributed by atoms with Gasteiger partial charge in [0.15, 0.2) is 0 Å². The maximum absolute atomic E-state index is 9.77. The molecule has 1 heterocycles. The van der Waals surface area contributed by atoms with Gasteiger partial charge in [0.25, 0.3) is 0 Å². The number of hydrogen-bond donors (Lipinski definition) is 2. The molecule has 3 nitrogen and oxygen atoms in total. The number of β-amino-alcohol motifs (C(OH)–C–C–N with tert-alkyl or cyclic N) is 1. The lowest BCUT2D eigenvalue weighted by molar-refractivity contribution is -0.0359. The molecule has 80 valence electrons. The van der Waals surface area contributed by atoms with Crippen LogP contribution in [0.1, 0.15) is 27.7 Å². The Morgan fingerprint density at radius 2 is 1.86 bits per heavy atom. The third kappa shape index (κ3) is 1.78. The SMILES string of the molecule is CC1(C)C#CC(O)C(C)(C)N1CCO. The van der Waals surface area contributed by atoms with Crippen LogP contribution >= 0.6 is 0 Å². The highest BCUT2D eigenvalue weighted by Crippen LogP contribution is 2.30. The summed E-state index contributed by atoms with van der Waals surface area (Å²) in [5.41, 5.74) is -0.692. The molecular formula is C11H19NO2. The topological polar surface area (TPSA) is 43.7 Å². The highest BCUT2D eigenvalue weighted by molar-refractivity contribution is 5.27. The van der Waals surface area contributed by atoms with Crippen molar-refractivity contribution >= 4 is 0 Å². The molecule has 1 rings (SSSR count). The van der Waals surface area contributed by atoms with Gasteiger partial charge in [-0.3, -0.25) is 4.90 Å². The van der Waals surface area contributed by atoms with Gasteiger partial charge in [-0.05, 0) is 27.7 Å². The third-order valence-corrected chi connectivity index (χ3v) is 2.88. The Labute approximate surface area is 85.7 Å². The Bertz CT molecular complexity index is 273. The van der Waals surface area contributed by atoms with Crippen LogP contribution in [0.4, 0.5) is 0 Å². The molecule has 0 saturated carbocycles. The predicted molar refractivity (Wildman–Crippen MR) is 55.7 cm³/mol. The fourth-order valence-corrected chi connectivity index (χ4v) is 2.02. The van der Waals surface area contributed by atoms with Gasteiger partial charge in [0.05, 0.1) is 17.7 Å². The molecule has 0 aromatic rings. The molecule has 1 aliphatic rings. The molecule has 0 bridgehead atoms. The summed E-state index contributed by atoms with van der Waals surface area (Å²) in [6.07, 6.45) is -0.651. The molecular weight excluding hydrogens is 178 g/mol. The molecule has 0 aliphatic carbocycles. The van der Waals surface area contributed by atoms with Crippen molar-refractivity contribution in [1.29, 1.82) is 0 Å². The highest BCUT2D eigenvalue weighted by Gasteiger charge is 2.43. The summed E-state index contributed by atoms with van der Waals surface area (Å²) in [7, 11) is 0. The van der Waals surface area contributed by atoms with E-state index in [0.717, 1.165) is 0 Å². The lowest BCUT2D eigenvalue weighted by Crippen LogP contribution is -2.63. The van der Waals surface area contributed by atoms with Crippen LogP contribution in [0.5, 0.6) is 0 Å². The second kappa shape index (κ2) is 3.54. The quantitative estimate of drug-likeness (QED) is 0.622. The minimum Gasteiger partial charge on any atom is -0.395 e. The first-order chi connectivity index (χ1) is 6.32. The zero-order valence-electron chi connectivity index (χ0n) is 9.33. The van der Waals surface area contributed by atoms with Gasteiger partial charge in [-0.15, -0.1) is 0 Å². The van der Waals surface area contributed by atoms with Crippen molar-refractivity contribution in [3.8, 4) is 11.8 Å². The second-order valence-electron chi connectivity index (χ2n) is 4.76. The second-order valence-corrected chi connectivity index (χ2v) is 4.76. The molecule has 0 spiro atoms. The zero-order valence-corrected chi connectivity index (χ0v) is 9.33. The van der Waals surface area contributed by atoms with Crippen molar-refractivity contribution in [3.05, 3.63) is 0 Å². The molecule has 2 N–H and O–H groups in total. The van der Waals surface area contributed by atoms with E-state index < -0.39 is 11.6 Å². The Kier molecular flexibility index (Phi) is 2.91. The van der Waals surface area contributed by atoms with Crippen LogP contribution in [-0.2, 0) is 0 Å². The first-order valence-corrected chi connectivity index (χ1v) is 4.92. The van der Waals surface area contributed by atoms with E-state index in [2.05, 4.69) is 11.8 Å². The smallest absolute Gasteiger partial charge is 0.132 e. The number of aliphatic hydroxyl groups is 2. The van der Waals surface area contributed by atoms with Crippen molar-refractivity contribution in [2.45, 2.75) is 44.9 Å². The lowest BCUT2D eigenvalue weighted by Gasteiger charge is -2.49. The monoisotopic (exact) mass is 197 g/mol. The van der Waals surface area contributed by atoms with Crippen molar-refractivity contribution in [1.82, 2.24) is 4.90 Å². The summed E-state index contributed by atoms with van der Waals surface area (Å²) in [4.78, 5) is 2.04. The average Bonchev–Trinajstić information content (AvgIpc) is 2.07. The van der Waals surface area contributed by atoms with Crippen LogP contribution < -0.4 is 0 Å². The van der Waals surface area contributed by atoms with Crippen molar-refractivity contribution in [2.24, 2.45) is 0 Å². The van der Waals surface area contributed by atoms with Crippen molar-refractivity contribution in [3.63, 3.8) is 0 Å². The summed E-state index contributed by atoms with van der Waals surface area (Å²) >= 11 is 0. The van der Waals surface area contributed by atoms with E-state index >= 15 is 0 Å². The summed E-state index contributed by atoms with van der Waals surface area (Å²) in [5.74, 6) is 5.85. The van der Waals surface area contributed by atoms with Crippen LogP contribution in [0.25, 0.3) is 0 Å². The van der Waals surface area contributed by atoms with Gasteiger partial charge < -0.3 is 10.2 Å². The van der Waals surface area contributed by atoms with Crippen LogP contribution in [0, 0.1) is 11.8 Å². The van der Waals surface area contributed by atoms with E-state index in [1.54, 1.807) is 0 Å². The molecule has 1 atom stereocenters. The predicted octanol–water partition coefficient (Wildman–Crippen LogP) is 0.216. The van der Waals surface area contributed by atoms with Gasteiger partial charge in [0, 0.05) is 6.54 Å². The Balaban J connectivity index is 3.04. The maximum atomic E-state index is 9.77. The summed E-state index contributed by atoms with van der Waals surface area (Å²) in [6, 6.07) is 0. The average molecular weight is 197 g/mol. The van der Waals surface area contributed by atoms with E-state index in [9.17, 15) is 5.11 Å². The van der Waals surface area contributed by atoms with Crippen molar-refractivity contribution < 1.29 is 10.2 Å². The molecule has 0 aromatic heterocycles. The molecule has 0 fully saturated rings. The lowest BCUT2D eigenvalue weighted by atomic mass is 9.85.